The van der Waals surface area contributed by atoms with Crippen LogP contribution in [0.1, 0.15) is 15.9 Å². The zero-order valence-corrected chi connectivity index (χ0v) is 15.3. The van der Waals surface area contributed by atoms with Crippen LogP contribution >= 0.6 is 12.2 Å². The number of para-hydroxylation sites is 1. The molecule has 2 aromatic carbocycles. The Labute approximate surface area is 157 Å². The summed E-state index contributed by atoms with van der Waals surface area (Å²) in [5.74, 6) is -0.913. The Morgan fingerprint density at radius 1 is 1.00 bits per heavy atom. The van der Waals surface area contributed by atoms with E-state index >= 15 is 0 Å². The Morgan fingerprint density at radius 2 is 1.65 bits per heavy atom. The standard InChI is InChI=1S/C19H20N2O4S/c1-24-17(22)14-10-6-7-11-15(14)20-19(26)21-16(18(23)25-2)12-13-8-4-3-5-9-13/h3-11,16H,12H2,1-2H3,(H2,20,21,26)/t16-/m0/s1. The zero-order chi connectivity index (χ0) is 18.9. The number of thiocarbonyl (C=S) groups is 1. The van der Waals surface area contributed by atoms with Gasteiger partial charge in [0.25, 0.3) is 0 Å². The Balaban J connectivity index is 2.10. The smallest absolute Gasteiger partial charge is 0.339 e. The molecule has 0 amide bonds. The topological polar surface area (TPSA) is 76.7 Å². The Kier molecular flexibility index (Phi) is 7.11. The molecule has 0 aliphatic carbocycles. The van der Waals surface area contributed by atoms with E-state index in [0.717, 1.165) is 5.56 Å². The lowest BCUT2D eigenvalue weighted by atomic mass is 10.1. The summed E-state index contributed by atoms with van der Waals surface area (Å²) in [4.78, 5) is 23.9. The summed E-state index contributed by atoms with van der Waals surface area (Å²) >= 11 is 5.30. The molecule has 0 heterocycles. The molecule has 2 rings (SSSR count). The number of hydrogen-bond acceptors (Lipinski definition) is 5. The van der Waals surface area contributed by atoms with Crippen molar-refractivity contribution in [2.45, 2.75) is 12.5 Å². The van der Waals surface area contributed by atoms with Crippen LogP contribution in [0.2, 0.25) is 0 Å². The van der Waals surface area contributed by atoms with Crippen LogP contribution in [-0.2, 0) is 20.7 Å². The predicted molar refractivity (Wildman–Crippen MR) is 103 cm³/mol. The molecule has 0 aliphatic heterocycles. The van der Waals surface area contributed by atoms with Crippen LogP contribution in [0.4, 0.5) is 5.69 Å². The first kappa shape index (κ1) is 19.4. The summed E-state index contributed by atoms with van der Waals surface area (Å²) in [6, 6.07) is 15.7. The number of carbonyl (C=O) groups excluding carboxylic acids is 2. The first-order valence-corrected chi connectivity index (χ1v) is 8.32. The van der Waals surface area contributed by atoms with E-state index in [1.165, 1.54) is 14.2 Å². The molecule has 1 atom stereocenters. The van der Waals surface area contributed by atoms with Crippen molar-refractivity contribution in [1.82, 2.24) is 5.32 Å². The lowest BCUT2D eigenvalue weighted by Crippen LogP contribution is -2.45. The number of nitrogens with one attached hydrogen (secondary N) is 2. The summed E-state index contributed by atoms with van der Waals surface area (Å²) in [7, 11) is 2.63. The van der Waals surface area contributed by atoms with Gasteiger partial charge in [-0.1, -0.05) is 42.5 Å². The van der Waals surface area contributed by atoms with Gasteiger partial charge in [-0.2, -0.15) is 0 Å². The van der Waals surface area contributed by atoms with Gasteiger partial charge in [-0.3, -0.25) is 0 Å². The Hall–Kier alpha value is -2.93. The van der Waals surface area contributed by atoms with E-state index < -0.39 is 18.0 Å². The van der Waals surface area contributed by atoms with Crippen molar-refractivity contribution in [3.63, 3.8) is 0 Å². The number of hydrogen-bond donors (Lipinski definition) is 2. The van der Waals surface area contributed by atoms with E-state index in [-0.39, 0.29) is 5.11 Å². The summed E-state index contributed by atoms with van der Waals surface area (Å²) in [6.45, 7) is 0. The van der Waals surface area contributed by atoms with Gasteiger partial charge in [-0.15, -0.1) is 0 Å². The quantitative estimate of drug-likeness (QED) is 0.596. The number of anilines is 1. The molecule has 136 valence electrons. The molecule has 0 saturated heterocycles. The number of esters is 2. The van der Waals surface area contributed by atoms with Crippen LogP contribution in [0.5, 0.6) is 0 Å². The third-order valence-corrected chi connectivity index (χ3v) is 3.87. The number of ether oxygens (including phenoxy) is 2. The molecule has 0 spiro atoms. The molecule has 0 saturated carbocycles. The lowest BCUT2D eigenvalue weighted by Gasteiger charge is -2.19. The monoisotopic (exact) mass is 372 g/mol. The maximum absolute atomic E-state index is 12.1. The van der Waals surface area contributed by atoms with Gasteiger partial charge in [0, 0.05) is 6.42 Å². The largest absolute Gasteiger partial charge is 0.467 e. The van der Waals surface area contributed by atoms with E-state index in [9.17, 15) is 9.59 Å². The minimum Gasteiger partial charge on any atom is -0.467 e. The molecule has 0 aliphatic rings. The van der Waals surface area contributed by atoms with Crippen molar-refractivity contribution in [2.75, 3.05) is 19.5 Å². The molecule has 6 nitrogen and oxygen atoms in total. The highest BCUT2D eigenvalue weighted by molar-refractivity contribution is 7.80. The SMILES string of the molecule is COC(=O)c1ccccc1NC(=S)N[C@@H](Cc1ccccc1)C(=O)OC. The van der Waals surface area contributed by atoms with E-state index in [0.29, 0.717) is 17.7 Å². The molecule has 0 unspecified atom stereocenters. The van der Waals surface area contributed by atoms with Crippen molar-refractivity contribution in [2.24, 2.45) is 0 Å². The van der Waals surface area contributed by atoms with Crippen LogP contribution < -0.4 is 10.6 Å². The van der Waals surface area contributed by atoms with Crippen molar-refractivity contribution in [1.29, 1.82) is 0 Å². The molecule has 0 aromatic heterocycles. The van der Waals surface area contributed by atoms with Gasteiger partial charge in [-0.25, -0.2) is 9.59 Å². The maximum Gasteiger partial charge on any atom is 0.339 e. The number of methoxy groups -OCH3 is 2. The summed E-state index contributed by atoms with van der Waals surface area (Å²) in [6.07, 6.45) is 0.411. The highest BCUT2D eigenvalue weighted by atomic mass is 32.1. The van der Waals surface area contributed by atoms with Gasteiger partial charge in [-0.05, 0) is 29.9 Å². The van der Waals surface area contributed by atoms with Crippen LogP contribution in [0.3, 0.4) is 0 Å². The summed E-state index contributed by atoms with van der Waals surface area (Å²) in [5.41, 5.74) is 1.80. The van der Waals surface area contributed by atoms with Crippen molar-refractivity contribution in [3.8, 4) is 0 Å². The first-order chi connectivity index (χ1) is 12.5. The molecular formula is C19H20N2O4S. The fraction of sp³-hybridized carbons (Fsp3) is 0.211. The minimum atomic E-state index is -0.660. The van der Waals surface area contributed by atoms with Gasteiger partial charge < -0.3 is 20.1 Å². The fourth-order valence-corrected chi connectivity index (χ4v) is 2.63. The second-order valence-electron chi connectivity index (χ2n) is 5.40. The Morgan fingerprint density at radius 3 is 2.31 bits per heavy atom. The Bertz CT molecular complexity index is 780. The fourth-order valence-electron chi connectivity index (χ4n) is 2.38. The van der Waals surface area contributed by atoms with Gasteiger partial charge in [0.1, 0.15) is 6.04 Å². The molecule has 0 fully saturated rings. The molecule has 0 bridgehead atoms. The van der Waals surface area contributed by atoms with Crippen molar-refractivity contribution >= 4 is 35.0 Å². The van der Waals surface area contributed by atoms with Crippen molar-refractivity contribution in [3.05, 3.63) is 65.7 Å². The highest BCUT2D eigenvalue weighted by Crippen LogP contribution is 2.16. The second-order valence-corrected chi connectivity index (χ2v) is 5.81. The average Bonchev–Trinajstić information content (AvgIpc) is 2.67. The van der Waals surface area contributed by atoms with E-state index in [1.54, 1.807) is 24.3 Å². The van der Waals surface area contributed by atoms with Crippen LogP contribution in [0, 0.1) is 0 Å². The van der Waals surface area contributed by atoms with Gasteiger partial charge in [0.2, 0.25) is 0 Å². The zero-order valence-electron chi connectivity index (χ0n) is 14.5. The molecule has 2 N–H and O–H groups in total. The molecule has 26 heavy (non-hydrogen) atoms. The highest BCUT2D eigenvalue weighted by Gasteiger charge is 2.21. The van der Waals surface area contributed by atoms with Gasteiger partial charge >= 0.3 is 11.9 Å². The van der Waals surface area contributed by atoms with Gasteiger partial charge in [0.05, 0.1) is 25.5 Å². The second kappa shape index (κ2) is 9.53. The minimum absolute atomic E-state index is 0.202. The third kappa shape index (κ3) is 5.29. The van der Waals surface area contributed by atoms with Crippen molar-refractivity contribution < 1.29 is 19.1 Å². The molecule has 2 aromatic rings. The third-order valence-electron chi connectivity index (χ3n) is 3.65. The normalized spacial score (nSPS) is 11.2. The van der Waals surface area contributed by atoms with E-state index in [4.69, 9.17) is 21.7 Å². The molecule has 0 radical (unpaired) electrons. The first-order valence-electron chi connectivity index (χ1n) is 7.91. The van der Waals surface area contributed by atoms with Crippen LogP contribution in [0.15, 0.2) is 54.6 Å². The summed E-state index contributed by atoms with van der Waals surface area (Å²) in [5, 5.41) is 6.08. The number of benzene rings is 2. The van der Waals surface area contributed by atoms with Gasteiger partial charge in [0.15, 0.2) is 5.11 Å². The van der Waals surface area contributed by atoms with Crippen LogP contribution in [-0.4, -0.2) is 37.3 Å². The average molecular weight is 372 g/mol. The molecule has 7 heteroatoms. The number of carbonyl (C=O) groups is 2. The maximum atomic E-state index is 12.1. The summed E-state index contributed by atoms with van der Waals surface area (Å²) < 4.78 is 9.61. The molecular weight excluding hydrogens is 352 g/mol. The predicted octanol–water partition coefficient (Wildman–Crippen LogP) is 2.54. The van der Waals surface area contributed by atoms with E-state index in [1.807, 2.05) is 30.3 Å². The van der Waals surface area contributed by atoms with E-state index in [2.05, 4.69) is 10.6 Å². The lowest BCUT2D eigenvalue weighted by molar-refractivity contribution is -0.142. The van der Waals surface area contributed by atoms with Crippen LogP contribution in [0.25, 0.3) is 0 Å². The number of rotatable bonds is 6.